The fourth-order valence-corrected chi connectivity index (χ4v) is 3.45. The van der Waals surface area contributed by atoms with Gasteiger partial charge >= 0.3 is 0 Å². The zero-order valence-corrected chi connectivity index (χ0v) is 16.7. The van der Waals surface area contributed by atoms with Crippen molar-refractivity contribution in [2.75, 3.05) is 7.11 Å². The summed E-state index contributed by atoms with van der Waals surface area (Å²) in [6, 6.07) is 10.2. The van der Waals surface area contributed by atoms with Gasteiger partial charge < -0.3 is 4.74 Å². The predicted octanol–water partition coefficient (Wildman–Crippen LogP) is 3.42. The first-order valence-electron chi connectivity index (χ1n) is 9.16. The van der Waals surface area contributed by atoms with E-state index in [9.17, 15) is 4.39 Å². The Balaban J connectivity index is 1.70. The van der Waals surface area contributed by atoms with Crippen LogP contribution in [-0.2, 0) is 13.5 Å². The monoisotopic (exact) mass is 392 g/mol. The maximum Gasteiger partial charge on any atom is 0.168 e. The Morgan fingerprint density at radius 3 is 2.45 bits per heavy atom. The van der Waals surface area contributed by atoms with Crippen LogP contribution in [0.1, 0.15) is 22.8 Å². The number of hydrogen-bond acceptors (Lipinski definition) is 5. The third kappa shape index (κ3) is 3.61. The van der Waals surface area contributed by atoms with Crippen LogP contribution >= 0.6 is 0 Å². The minimum Gasteiger partial charge on any atom is -0.492 e. The van der Waals surface area contributed by atoms with E-state index in [2.05, 4.69) is 20.2 Å². The van der Waals surface area contributed by atoms with Crippen LogP contribution in [0, 0.1) is 19.7 Å². The molecule has 8 heteroatoms. The van der Waals surface area contributed by atoms with Gasteiger partial charge in [-0.3, -0.25) is 4.68 Å². The Morgan fingerprint density at radius 1 is 1.03 bits per heavy atom. The number of nitrogens with zero attached hydrogens (tertiary/aromatic N) is 6. The van der Waals surface area contributed by atoms with Gasteiger partial charge in [-0.1, -0.05) is 0 Å². The standard InChI is InChI=1S/C21H21FN6O/c1-13-9-14(2)28(25-13)19-11-17(23-12-24-19)10-18-21(29-4)20(27(3)26-18)15-5-7-16(22)8-6-15/h5-9,11-12H,10H2,1-4H3. The zero-order chi connectivity index (χ0) is 20.5. The largest absolute Gasteiger partial charge is 0.492 e. The van der Waals surface area contributed by atoms with E-state index in [0.29, 0.717) is 18.0 Å². The average molecular weight is 392 g/mol. The highest BCUT2D eigenvalue weighted by Crippen LogP contribution is 2.33. The molecule has 0 aliphatic carbocycles. The van der Waals surface area contributed by atoms with Gasteiger partial charge in [0, 0.05) is 30.8 Å². The van der Waals surface area contributed by atoms with E-state index in [-0.39, 0.29) is 5.82 Å². The summed E-state index contributed by atoms with van der Waals surface area (Å²) in [5.74, 6) is 1.06. The minimum atomic E-state index is -0.284. The molecule has 0 aliphatic rings. The lowest BCUT2D eigenvalue weighted by atomic mass is 10.1. The Morgan fingerprint density at radius 2 is 1.79 bits per heavy atom. The number of aryl methyl sites for hydroxylation is 3. The molecular weight excluding hydrogens is 371 g/mol. The topological polar surface area (TPSA) is 70.7 Å². The first kappa shape index (κ1) is 18.8. The van der Waals surface area contributed by atoms with Crippen molar-refractivity contribution < 1.29 is 9.13 Å². The zero-order valence-electron chi connectivity index (χ0n) is 16.7. The summed E-state index contributed by atoms with van der Waals surface area (Å²) in [4.78, 5) is 8.73. The normalized spacial score (nSPS) is 11.1. The molecule has 29 heavy (non-hydrogen) atoms. The molecule has 0 aliphatic heterocycles. The molecule has 0 saturated heterocycles. The van der Waals surface area contributed by atoms with Crippen LogP contribution < -0.4 is 4.74 Å². The fourth-order valence-electron chi connectivity index (χ4n) is 3.45. The average Bonchev–Trinajstić information content (AvgIpc) is 3.20. The van der Waals surface area contributed by atoms with E-state index in [0.717, 1.165) is 34.0 Å². The summed E-state index contributed by atoms with van der Waals surface area (Å²) in [6.07, 6.45) is 1.99. The molecule has 3 heterocycles. The highest BCUT2D eigenvalue weighted by Gasteiger charge is 2.20. The summed E-state index contributed by atoms with van der Waals surface area (Å²) < 4.78 is 22.5. The molecule has 0 bridgehead atoms. The van der Waals surface area contributed by atoms with Crippen LogP contribution in [0.5, 0.6) is 5.75 Å². The lowest BCUT2D eigenvalue weighted by Crippen LogP contribution is -2.05. The number of aromatic nitrogens is 6. The SMILES string of the molecule is COc1c(Cc2cc(-n3nc(C)cc3C)ncn2)nn(C)c1-c1ccc(F)cc1. The molecule has 3 aromatic heterocycles. The van der Waals surface area contributed by atoms with Gasteiger partial charge in [-0.25, -0.2) is 19.0 Å². The Labute approximate surface area is 167 Å². The molecule has 0 fully saturated rings. The van der Waals surface area contributed by atoms with Crippen LogP contribution in [0.25, 0.3) is 17.1 Å². The Hall–Kier alpha value is -3.55. The molecule has 0 atom stereocenters. The second kappa shape index (κ2) is 7.46. The highest BCUT2D eigenvalue weighted by molar-refractivity contribution is 5.68. The van der Waals surface area contributed by atoms with E-state index in [1.807, 2.05) is 33.0 Å². The second-order valence-corrected chi connectivity index (χ2v) is 6.84. The second-order valence-electron chi connectivity index (χ2n) is 6.84. The molecule has 0 unspecified atom stereocenters. The van der Waals surface area contributed by atoms with Gasteiger partial charge in [0.15, 0.2) is 11.6 Å². The fraction of sp³-hybridized carbons (Fsp3) is 0.238. The summed E-state index contributed by atoms with van der Waals surface area (Å²) in [5, 5.41) is 9.09. The molecule has 7 nitrogen and oxygen atoms in total. The van der Waals surface area contributed by atoms with Gasteiger partial charge in [-0.15, -0.1) is 0 Å². The number of halogens is 1. The lowest BCUT2D eigenvalue weighted by Gasteiger charge is -2.07. The smallest absolute Gasteiger partial charge is 0.168 e. The van der Waals surface area contributed by atoms with E-state index < -0.39 is 0 Å². The first-order valence-corrected chi connectivity index (χ1v) is 9.16. The van der Waals surface area contributed by atoms with E-state index in [4.69, 9.17) is 4.74 Å². The molecule has 148 valence electrons. The number of ether oxygens (including phenoxy) is 1. The molecular formula is C21H21FN6O. The molecule has 0 radical (unpaired) electrons. The third-order valence-corrected chi connectivity index (χ3v) is 4.68. The van der Waals surface area contributed by atoms with Crippen LogP contribution in [0.15, 0.2) is 42.7 Å². The van der Waals surface area contributed by atoms with Crippen LogP contribution in [-0.4, -0.2) is 36.6 Å². The summed E-state index contributed by atoms with van der Waals surface area (Å²) in [5.41, 5.74) is 5.09. The van der Waals surface area contributed by atoms with Gasteiger partial charge in [-0.2, -0.15) is 10.2 Å². The maximum absolute atomic E-state index is 13.3. The van der Waals surface area contributed by atoms with Crippen LogP contribution in [0.4, 0.5) is 4.39 Å². The van der Waals surface area contributed by atoms with Crippen molar-refractivity contribution in [3.63, 3.8) is 0 Å². The molecule has 0 N–H and O–H groups in total. The van der Waals surface area contributed by atoms with Crippen molar-refractivity contribution in [3.8, 4) is 22.8 Å². The quantitative estimate of drug-likeness (QED) is 0.520. The Bertz CT molecular complexity index is 1160. The van der Waals surface area contributed by atoms with Crippen molar-refractivity contribution in [1.82, 2.24) is 29.5 Å². The molecule has 1 aromatic carbocycles. The summed E-state index contributed by atoms with van der Waals surface area (Å²) in [7, 11) is 3.45. The van der Waals surface area contributed by atoms with Gasteiger partial charge in [0.1, 0.15) is 23.5 Å². The lowest BCUT2D eigenvalue weighted by molar-refractivity contribution is 0.412. The molecule has 0 amide bonds. The molecule has 0 spiro atoms. The number of benzene rings is 1. The maximum atomic E-state index is 13.3. The van der Waals surface area contributed by atoms with Crippen molar-refractivity contribution in [2.24, 2.45) is 7.05 Å². The van der Waals surface area contributed by atoms with E-state index in [1.54, 1.807) is 28.6 Å². The van der Waals surface area contributed by atoms with E-state index in [1.165, 1.54) is 18.5 Å². The summed E-state index contributed by atoms with van der Waals surface area (Å²) in [6.45, 7) is 3.93. The predicted molar refractivity (Wildman–Crippen MR) is 107 cm³/mol. The van der Waals surface area contributed by atoms with Gasteiger partial charge in [0.05, 0.1) is 18.5 Å². The van der Waals surface area contributed by atoms with Crippen molar-refractivity contribution >= 4 is 0 Å². The number of hydrogen-bond donors (Lipinski definition) is 0. The van der Waals surface area contributed by atoms with Crippen molar-refractivity contribution in [3.05, 3.63) is 71.3 Å². The van der Waals surface area contributed by atoms with Crippen LogP contribution in [0.3, 0.4) is 0 Å². The molecule has 4 aromatic rings. The summed E-state index contributed by atoms with van der Waals surface area (Å²) >= 11 is 0. The van der Waals surface area contributed by atoms with Crippen LogP contribution in [0.2, 0.25) is 0 Å². The highest BCUT2D eigenvalue weighted by atomic mass is 19.1. The van der Waals surface area contributed by atoms with Gasteiger partial charge in [0.25, 0.3) is 0 Å². The van der Waals surface area contributed by atoms with Crippen molar-refractivity contribution in [2.45, 2.75) is 20.3 Å². The molecule has 0 saturated carbocycles. The van der Waals surface area contributed by atoms with Crippen molar-refractivity contribution in [1.29, 1.82) is 0 Å². The van der Waals surface area contributed by atoms with Gasteiger partial charge in [0.2, 0.25) is 0 Å². The number of methoxy groups -OCH3 is 1. The van der Waals surface area contributed by atoms with E-state index >= 15 is 0 Å². The third-order valence-electron chi connectivity index (χ3n) is 4.68. The van der Waals surface area contributed by atoms with Gasteiger partial charge in [-0.05, 0) is 44.2 Å². The Kier molecular flexibility index (Phi) is 4.84. The number of rotatable bonds is 5. The minimum absolute atomic E-state index is 0.284. The molecule has 4 rings (SSSR count). The first-order chi connectivity index (χ1) is 14.0.